The highest BCUT2D eigenvalue weighted by Crippen LogP contribution is 2.57. The van der Waals surface area contributed by atoms with E-state index in [9.17, 15) is 4.39 Å². The molecule has 0 heterocycles. The number of halogens is 2. The van der Waals surface area contributed by atoms with Crippen LogP contribution in [0, 0.1) is 23.1 Å². The molecule has 1 aromatic rings. The summed E-state index contributed by atoms with van der Waals surface area (Å²) in [4.78, 5) is 0. The molecule has 2 fully saturated rings. The van der Waals surface area contributed by atoms with Gasteiger partial charge in [0.25, 0.3) is 0 Å². The lowest BCUT2D eigenvalue weighted by molar-refractivity contribution is 0.171. The molecule has 0 aromatic heterocycles. The van der Waals surface area contributed by atoms with Crippen LogP contribution in [-0.4, -0.2) is 6.54 Å². The van der Waals surface area contributed by atoms with Crippen LogP contribution in [0.5, 0.6) is 0 Å². The van der Waals surface area contributed by atoms with Crippen LogP contribution in [0.1, 0.15) is 31.2 Å². The van der Waals surface area contributed by atoms with Gasteiger partial charge in [-0.15, -0.1) is 0 Å². The summed E-state index contributed by atoms with van der Waals surface area (Å²) in [5.41, 5.74) is 7.15. The number of rotatable bonds is 3. The molecule has 1 aromatic carbocycles. The third kappa shape index (κ3) is 1.86. The van der Waals surface area contributed by atoms with E-state index in [0.717, 1.165) is 17.9 Å². The van der Waals surface area contributed by atoms with E-state index in [4.69, 9.17) is 17.3 Å². The molecular weight excluding hydrogens is 249 g/mol. The molecule has 0 radical (unpaired) electrons. The average Bonchev–Trinajstić information content (AvgIpc) is 2.96. The van der Waals surface area contributed by atoms with Crippen molar-refractivity contribution >= 4 is 11.6 Å². The summed E-state index contributed by atoms with van der Waals surface area (Å²) in [6.07, 6.45) is 5.98. The molecule has 0 aliphatic heterocycles. The van der Waals surface area contributed by atoms with E-state index in [-0.39, 0.29) is 16.3 Å². The first kappa shape index (κ1) is 12.4. The second-order valence-electron chi connectivity index (χ2n) is 6.04. The van der Waals surface area contributed by atoms with Gasteiger partial charge < -0.3 is 5.73 Å². The largest absolute Gasteiger partial charge is 0.330 e. The van der Waals surface area contributed by atoms with Crippen LogP contribution in [-0.2, 0) is 6.42 Å². The van der Waals surface area contributed by atoms with Crippen LogP contribution in [0.4, 0.5) is 4.39 Å². The number of hydrogen-bond acceptors (Lipinski definition) is 1. The molecule has 18 heavy (non-hydrogen) atoms. The molecule has 3 atom stereocenters. The second kappa shape index (κ2) is 4.50. The number of fused-ring (bicyclic) bond motifs is 2. The Morgan fingerprint density at radius 1 is 1.39 bits per heavy atom. The van der Waals surface area contributed by atoms with Gasteiger partial charge in [-0.25, -0.2) is 4.39 Å². The highest BCUT2D eigenvalue weighted by atomic mass is 35.5. The van der Waals surface area contributed by atoms with Crippen molar-refractivity contribution in [2.24, 2.45) is 23.0 Å². The normalized spacial score (nSPS) is 34.2. The molecule has 2 saturated carbocycles. The molecule has 1 nitrogen and oxygen atoms in total. The standard InChI is InChI=1S/C15H19ClFN/c16-14-11(2-1-3-13(14)17)8-15(9-18)7-10-4-5-12(15)6-10/h1-3,10,12H,4-9,18H2. The predicted molar refractivity (Wildman–Crippen MR) is 72.0 cm³/mol. The lowest BCUT2D eigenvalue weighted by atomic mass is 9.69. The molecule has 3 heteroatoms. The summed E-state index contributed by atoms with van der Waals surface area (Å²) >= 11 is 6.08. The van der Waals surface area contributed by atoms with Gasteiger partial charge >= 0.3 is 0 Å². The molecule has 0 spiro atoms. The number of benzene rings is 1. The van der Waals surface area contributed by atoms with Gasteiger partial charge in [0.05, 0.1) is 5.02 Å². The highest BCUT2D eigenvalue weighted by molar-refractivity contribution is 6.31. The molecule has 3 unspecified atom stereocenters. The number of hydrogen-bond donors (Lipinski definition) is 1. The van der Waals surface area contributed by atoms with Gasteiger partial charge in [0.15, 0.2) is 0 Å². The van der Waals surface area contributed by atoms with Crippen LogP contribution in [0.3, 0.4) is 0 Å². The zero-order chi connectivity index (χ0) is 12.8. The van der Waals surface area contributed by atoms with E-state index in [0.29, 0.717) is 12.5 Å². The summed E-state index contributed by atoms with van der Waals surface area (Å²) in [6.45, 7) is 0.695. The van der Waals surface area contributed by atoms with Crippen LogP contribution < -0.4 is 5.73 Å². The second-order valence-corrected chi connectivity index (χ2v) is 6.41. The Hall–Kier alpha value is -0.600. The maximum absolute atomic E-state index is 13.5. The Labute approximate surface area is 113 Å². The fraction of sp³-hybridized carbons (Fsp3) is 0.600. The quantitative estimate of drug-likeness (QED) is 0.886. The van der Waals surface area contributed by atoms with Gasteiger partial charge in [0, 0.05) is 0 Å². The molecule has 3 rings (SSSR count). The van der Waals surface area contributed by atoms with Gasteiger partial charge in [-0.05, 0) is 61.1 Å². The molecule has 2 aliphatic rings. The highest BCUT2D eigenvalue weighted by Gasteiger charge is 2.49. The van der Waals surface area contributed by atoms with E-state index in [2.05, 4.69) is 0 Å². The first-order chi connectivity index (χ1) is 8.64. The Bertz CT molecular complexity index is 462. The summed E-state index contributed by atoms with van der Waals surface area (Å²) in [7, 11) is 0. The summed E-state index contributed by atoms with van der Waals surface area (Å²) in [5, 5.41) is 0.285. The Morgan fingerprint density at radius 3 is 2.83 bits per heavy atom. The summed E-state index contributed by atoms with van der Waals surface area (Å²) in [5.74, 6) is 1.24. The first-order valence-corrected chi connectivity index (χ1v) is 7.15. The van der Waals surface area contributed by atoms with Crippen molar-refractivity contribution in [2.75, 3.05) is 6.54 Å². The fourth-order valence-electron chi connectivity index (χ4n) is 4.16. The van der Waals surface area contributed by atoms with Gasteiger partial charge in [-0.3, -0.25) is 0 Å². The Kier molecular flexibility index (Phi) is 3.11. The third-order valence-corrected chi connectivity index (χ3v) is 5.51. The van der Waals surface area contributed by atoms with E-state index < -0.39 is 0 Å². The first-order valence-electron chi connectivity index (χ1n) is 6.77. The maximum Gasteiger partial charge on any atom is 0.142 e. The van der Waals surface area contributed by atoms with Crippen molar-refractivity contribution in [3.8, 4) is 0 Å². The van der Waals surface area contributed by atoms with E-state index >= 15 is 0 Å². The predicted octanol–water partition coefficient (Wildman–Crippen LogP) is 3.79. The molecular formula is C15H19ClFN. The average molecular weight is 268 g/mol. The van der Waals surface area contributed by atoms with Gasteiger partial charge in [0.2, 0.25) is 0 Å². The molecule has 98 valence electrons. The zero-order valence-electron chi connectivity index (χ0n) is 10.5. The molecule has 2 N–H and O–H groups in total. The molecule has 0 amide bonds. The van der Waals surface area contributed by atoms with Crippen molar-refractivity contribution < 1.29 is 4.39 Å². The maximum atomic E-state index is 13.5. The van der Waals surface area contributed by atoms with Crippen LogP contribution >= 0.6 is 11.6 Å². The lowest BCUT2D eigenvalue weighted by Gasteiger charge is -2.37. The minimum Gasteiger partial charge on any atom is -0.330 e. The van der Waals surface area contributed by atoms with Crippen molar-refractivity contribution in [1.82, 2.24) is 0 Å². The molecule has 0 saturated heterocycles. The van der Waals surface area contributed by atoms with E-state index in [1.807, 2.05) is 6.07 Å². The van der Waals surface area contributed by atoms with Gasteiger partial charge in [-0.1, -0.05) is 30.2 Å². The fourth-order valence-corrected chi connectivity index (χ4v) is 4.35. The van der Waals surface area contributed by atoms with Crippen LogP contribution in [0.2, 0.25) is 5.02 Å². The lowest BCUT2D eigenvalue weighted by Crippen LogP contribution is -2.38. The zero-order valence-corrected chi connectivity index (χ0v) is 11.2. The van der Waals surface area contributed by atoms with Gasteiger partial charge in [-0.2, -0.15) is 0 Å². The van der Waals surface area contributed by atoms with E-state index in [1.165, 1.54) is 31.7 Å². The van der Waals surface area contributed by atoms with Crippen molar-refractivity contribution in [3.63, 3.8) is 0 Å². The third-order valence-electron chi connectivity index (χ3n) is 5.08. The number of nitrogens with two attached hydrogens (primary N) is 1. The monoisotopic (exact) mass is 267 g/mol. The smallest absolute Gasteiger partial charge is 0.142 e. The topological polar surface area (TPSA) is 26.0 Å². The molecule has 2 aliphatic carbocycles. The summed E-state index contributed by atoms with van der Waals surface area (Å²) < 4.78 is 13.5. The molecule has 2 bridgehead atoms. The van der Waals surface area contributed by atoms with Gasteiger partial charge in [0.1, 0.15) is 5.82 Å². The Balaban J connectivity index is 1.88. The van der Waals surface area contributed by atoms with E-state index in [1.54, 1.807) is 6.07 Å². The minimum atomic E-state index is -0.315. The van der Waals surface area contributed by atoms with Crippen LogP contribution in [0.25, 0.3) is 0 Å². The Morgan fingerprint density at radius 2 is 2.22 bits per heavy atom. The van der Waals surface area contributed by atoms with Crippen LogP contribution in [0.15, 0.2) is 18.2 Å². The SMILES string of the molecule is NCC1(Cc2cccc(F)c2Cl)CC2CCC1C2. The van der Waals surface area contributed by atoms with Crippen molar-refractivity contribution in [2.45, 2.75) is 32.1 Å². The van der Waals surface area contributed by atoms with Crippen molar-refractivity contribution in [3.05, 3.63) is 34.6 Å². The minimum absolute atomic E-state index is 0.167. The summed E-state index contributed by atoms with van der Waals surface area (Å²) in [6, 6.07) is 5.10. The van der Waals surface area contributed by atoms with Crippen molar-refractivity contribution in [1.29, 1.82) is 0 Å².